The van der Waals surface area contributed by atoms with E-state index >= 15 is 0 Å². The lowest BCUT2D eigenvalue weighted by Crippen LogP contribution is -2.38. The third-order valence-electron chi connectivity index (χ3n) is 6.52. The minimum Gasteiger partial charge on any atom is -0.497 e. The number of carboxylic acids is 2. The van der Waals surface area contributed by atoms with Crippen LogP contribution in [-0.2, 0) is 14.4 Å². The molecule has 3 N–H and O–H groups in total. The van der Waals surface area contributed by atoms with E-state index in [4.69, 9.17) is 18.9 Å². The van der Waals surface area contributed by atoms with Gasteiger partial charge in [0.05, 0.1) is 25.6 Å². The fourth-order valence-corrected chi connectivity index (χ4v) is 4.90. The lowest BCUT2D eigenvalue weighted by molar-refractivity contribution is -0.143. The van der Waals surface area contributed by atoms with Crippen LogP contribution in [0.1, 0.15) is 36.4 Å². The summed E-state index contributed by atoms with van der Waals surface area (Å²) in [6.07, 6.45) is 0.762. The summed E-state index contributed by atoms with van der Waals surface area (Å²) in [4.78, 5) is 38.5. The standard InChI is InChI=1S/C26H30N2O9/c1-3-8-27-22(29)12-28-11-18(15-4-7-19-21(9-15)37-14-36-19)24(26(32)33)25(28)17-6-5-16(34-2)10-20(17)35-13-23(30)31/h4-7,9-10,18,24-25H,3,8,11-14H2,1-2H3,(H,27,29)(H,30,31)(H,32,33). The van der Waals surface area contributed by atoms with Crippen LogP contribution in [0.15, 0.2) is 36.4 Å². The molecule has 3 atom stereocenters. The minimum atomic E-state index is -1.18. The van der Waals surface area contributed by atoms with Crippen molar-refractivity contribution in [2.45, 2.75) is 25.3 Å². The van der Waals surface area contributed by atoms with Gasteiger partial charge in [0.1, 0.15) is 11.5 Å². The first-order chi connectivity index (χ1) is 17.8. The van der Waals surface area contributed by atoms with Crippen LogP contribution in [0.2, 0.25) is 0 Å². The third kappa shape index (κ3) is 5.72. The van der Waals surface area contributed by atoms with Crippen molar-refractivity contribution in [1.82, 2.24) is 10.2 Å². The van der Waals surface area contributed by atoms with Gasteiger partial charge in [0.2, 0.25) is 12.7 Å². The van der Waals surface area contributed by atoms with E-state index in [-0.39, 0.29) is 31.5 Å². The van der Waals surface area contributed by atoms with Gasteiger partial charge in [-0.1, -0.05) is 19.1 Å². The quantitative estimate of drug-likeness (QED) is 0.408. The van der Waals surface area contributed by atoms with Gasteiger partial charge < -0.3 is 34.5 Å². The second-order valence-corrected chi connectivity index (χ2v) is 8.89. The molecular weight excluding hydrogens is 484 g/mol. The zero-order chi connectivity index (χ0) is 26.5. The number of carbonyl (C=O) groups excluding carboxylic acids is 1. The predicted octanol–water partition coefficient (Wildman–Crippen LogP) is 2.25. The molecule has 0 aromatic heterocycles. The van der Waals surface area contributed by atoms with Gasteiger partial charge >= 0.3 is 11.9 Å². The highest BCUT2D eigenvalue weighted by Crippen LogP contribution is 2.49. The number of hydrogen-bond acceptors (Lipinski definition) is 8. The van der Waals surface area contributed by atoms with E-state index in [1.54, 1.807) is 29.2 Å². The van der Waals surface area contributed by atoms with Crippen LogP contribution in [0, 0.1) is 5.92 Å². The molecule has 1 fully saturated rings. The van der Waals surface area contributed by atoms with E-state index < -0.39 is 36.4 Å². The number of hydrogen-bond donors (Lipinski definition) is 3. The first kappa shape index (κ1) is 26.1. The molecule has 2 aromatic rings. The number of benzene rings is 2. The SMILES string of the molecule is CCCNC(=O)CN1CC(c2ccc3c(c2)OCO3)C(C(=O)O)C1c1ccc(OC)cc1OCC(=O)O. The van der Waals surface area contributed by atoms with Crippen LogP contribution in [-0.4, -0.2) is 73.1 Å². The maximum Gasteiger partial charge on any atom is 0.341 e. The number of amides is 1. The number of aliphatic carboxylic acids is 2. The Morgan fingerprint density at radius 1 is 1.11 bits per heavy atom. The van der Waals surface area contributed by atoms with E-state index in [1.807, 2.05) is 13.0 Å². The van der Waals surface area contributed by atoms with Crippen LogP contribution >= 0.6 is 0 Å². The van der Waals surface area contributed by atoms with Crippen molar-refractivity contribution in [2.24, 2.45) is 5.92 Å². The molecule has 198 valence electrons. The lowest BCUT2D eigenvalue weighted by atomic mass is 9.82. The molecule has 4 rings (SSSR count). The van der Waals surface area contributed by atoms with Crippen LogP contribution in [0.4, 0.5) is 0 Å². The maximum absolute atomic E-state index is 12.8. The van der Waals surface area contributed by atoms with Gasteiger partial charge in [-0.3, -0.25) is 14.5 Å². The van der Waals surface area contributed by atoms with Gasteiger partial charge in [-0.15, -0.1) is 0 Å². The number of ether oxygens (including phenoxy) is 4. The van der Waals surface area contributed by atoms with E-state index in [9.17, 15) is 24.6 Å². The van der Waals surface area contributed by atoms with Crippen LogP contribution in [0.25, 0.3) is 0 Å². The highest BCUT2D eigenvalue weighted by Gasteiger charge is 2.49. The molecule has 0 radical (unpaired) electrons. The van der Waals surface area contributed by atoms with Crippen LogP contribution in [0.5, 0.6) is 23.0 Å². The van der Waals surface area contributed by atoms with Crippen LogP contribution in [0.3, 0.4) is 0 Å². The second-order valence-electron chi connectivity index (χ2n) is 8.89. The fraction of sp³-hybridized carbons (Fsp3) is 0.423. The molecule has 2 heterocycles. The Kier molecular flexibility index (Phi) is 8.02. The summed E-state index contributed by atoms with van der Waals surface area (Å²) < 4.78 is 21.7. The van der Waals surface area contributed by atoms with Crippen molar-refractivity contribution >= 4 is 17.8 Å². The summed E-state index contributed by atoms with van der Waals surface area (Å²) in [5.74, 6) is -2.20. The highest BCUT2D eigenvalue weighted by molar-refractivity contribution is 5.79. The number of fused-ring (bicyclic) bond motifs is 1. The van der Waals surface area contributed by atoms with E-state index in [1.165, 1.54) is 13.2 Å². The van der Waals surface area contributed by atoms with Gasteiger partial charge in [0, 0.05) is 30.6 Å². The second kappa shape index (κ2) is 11.4. The molecule has 1 saturated heterocycles. The topological polar surface area (TPSA) is 144 Å². The Balaban J connectivity index is 1.77. The molecule has 2 aromatic carbocycles. The van der Waals surface area contributed by atoms with E-state index in [2.05, 4.69) is 5.32 Å². The summed E-state index contributed by atoms with van der Waals surface area (Å²) in [6.45, 7) is 2.14. The monoisotopic (exact) mass is 514 g/mol. The van der Waals surface area contributed by atoms with Crippen molar-refractivity contribution in [3.05, 3.63) is 47.5 Å². The number of nitrogens with zero attached hydrogens (tertiary/aromatic N) is 1. The smallest absolute Gasteiger partial charge is 0.341 e. The first-order valence-electron chi connectivity index (χ1n) is 12.0. The highest BCUT2D eigenvalue weighted by atomic mass is 16.7. The van der Waals surface area contributed by atoms with Crippen molar-refractivity contribution in [2.75, 3.05) is 40.1 Å². The van der Waals surface area contributed by atoms with Gasteiger partial charge in [0.25, 0.3) is 0 Å². The van der Waals surface area contributed by atoms with Gasteiger partial charge in [-0.05, 0) is 30.2 Å². The van der Waals surface area contributed by atoms with Crippen molar-refractivity contribution in [3.63, 3.8) is 0 Å². The predicted molar refractivity (Wildman–Crippen MR) is 130 cm³/mol. The molecule has 1 amide bonds. The van der Waals surface area contributed by atoms with Crippen molar-refractivity contribution in [1.29, 1.82) is 0 Å². The number of carbonyl (C=O) groups is 3. The largest absolute Gasteiger partial charge is 0.497 e. The van der Waals surface area contributed by atoms with Crippen LogP contribution < -0.4 is 24.3 Å². The van der Waals surface area contributed by atoms with Crippen molar-refractivity contribution < 1.29 is 43.5 Å². The van der Waals surface area contributed by atoms with Crippen molar-refractivity contribution in [3.8, 4) is 23.0 Å². The third-order valence-corrected chi connectivity index (χ3v) is 6.52. The molecule has 2 aliphatic heterocycles. The minimum absolute atomic E-state index is 0.0418. The Morgan fingerprint density at radius 3 is 2.59 bits per heavy atom. The zero-order valence-electron chi connectivity index (χ0n) is 20.6. The maximum atomic E-state index is 12.8. The average molecular weight is 515 g/mol. The lowest BCUT2D eigenvalue weighted by Gasteiger charge is -2.28. The molecule has 0 aliphatic carbocycles. The average Bonchev–Trinajstić information content (AvgIpc) is 3.50. The summed E-state index contributed by atoms with van der Waals surface area (Å²) in [5.41, 5.74) is 1.20. The van der Waals surface area contributed by atoms with Gasteiger partial charge in [-0.25, -0.2) is 4.79 Å². The number of methoxy groups -OCH3 is 1. The van der Waals surface area contributed by atoms with E-state index in [0.29, 0.717) is 29.4 Å². The molecule has 0 saturated carbocycles. The Labute approximate surface area is 213 Å². The first-order valence-corrected chi connectivity index (χ1v) is 12.0. The fourth-order valence-electron chi connectivity index (χ4n) is 4.90. The zero-order valence-corrected chi connectivity index (χ0v) is 20.6. The van der Waals surface area contributed by atoms with Gasteiger partial charge in [0.15, 0.2) is 18.1 Å². The summed E-state index contributed by atoms with van der Waals surface area (Å²) in [5, 5.41) is 22.5. The number of rotatable bonds is 11. The Hall–Kier alpha value is -3.99. The normalized spacial score (nSPS) is 20.4. The summed E-state index contributed by atoms with van der Waals surface area (Å²) >= 11 is 0. The molecular formula is C26H30N2O9. The Bertz CT molecular complexity index is 1170. The Morgan fingerprint density at radius 2 is 1.89 bits per heavy atom. The molecule has 11 nitrogen and oxygen atoms in total. The summed E-state index contributed by atoms with van der Waals surface area (Å²) in [6, 6.07) is 9.39. The molecule has 2 aliphatic rings. The van der Waals surface area contributed by atoms with E-state index in [0.717, 1.165) is 12.0 Å². The summed E-state index contributed by atoms with van der Waals surface area (Å²) in [7, 11) is 1.46. The molecule has 11 heteroatoms. The number of likely N-dealkylation sites (tertiary alicyclic amines) is 1. The molecule has 3 unspecified atom stereocenters. The van der Waals surface area contributed by atoms with Gasteiger partial charge in [-0.2, -0.15) is 0 Å². The molecule has 0 spiro atoms. The number of nitrogens with one attached hydrogen (secondary N) is 1. The molecule has 0 bridgehead atoms. The number of carboxylic acid groups (broad SMARTS) is 2. The molecule has 37 heavy (non-hydrogen) atoms.